The molecule has 0 aliphatic rings. The summed E-state index contributed by atoms with van der Waals surface area (Å²) >= 11 is 1.50. The van der Waals surface area contributed by atoms with Gasteiger partial charge in [-0.1, -0.05) is 44.2 Å². The summed E-state index contributed by atoms with van der Waals surface area (Å²) in [6.07, 6.45) is 2.79. The first-order valence-corrected chi connectivity index (χ1v) is 10.5. The highest BCUT2D eigenvalue weighted by Crippen LogP contribution is 2.27. The van der Waals surface area contributed by atoms with Crippen molar-refractivity contribution in [2.45, 2.75) is 32.6 Å². The van der Waals surface area contributed by atoms with Crippen LogP contribution in [0.1, 0.15) is 37.4 Å². The Bertz CT molecular complexity index is 1160. The van der Waals surface area contributed by atoms with Crippen LogP contribution >= 0.6 is 11.3 Å². The maximum atomic E-state index is 14.1. The lowest BCUT2D eigenvalue weighted by Gasteiger charge is -2.13. The van der Waals surface area contributed by atoms with Crippen LogP contribution in [-0.2, 0) is 11.2 Å². The molecule has 2 aromatic heterocycles. The number of amides is 1. The molecular weight excluding hydrogens is 385 g/mol. The molecule has 0 bridgehead atoms. The van der Waals surface area contributed by atoms with Gasteiger partial charge in [0, 0.05) is 34.9 Å². The van der Waals surface area contributed by atoms with Gasteiger partial charge >= 0.3 is 0 Å². The maximum Gasteiger partial charge on any atom is 0.224 e. The van der Waals surface area contributed by atoms with Crippen molar-refractivity contribution in [3.05, 3.63) is 77.2 Å². The van der Waals surface area contributed by atoms with Crippen LogP contribution in [-0.4, -0.2) is 15.3 Å². The molecule has 0 unspecified atom stereocenters. The summed E-state index contributed by atoms with van der Waals surface area (Å²) in [5.74, 6) is 0.0284. The van der Waals surface area contributed by atoms with E-state index < -0.39 is 0 Å². The molecule has 4 aromatic rings. The van der Waals surface area contributed by atoms with Gasteiger partial charge in [0.05, 0.1) is 5.69 Å². The van der Waals surface area contributed by atoms with E-state index >= 15 is 0 Å². The van der Waals surface area contributed by atoms with Crippen molar-refractivity contribution in [1.29, 1.82) is 0 Å². The van der Waals surface area contributed by atoms with Gasteiger partial charge in [0.2, 0.25) is 5.91 Å². The smallest absolute Gasteiger partial charge is 0.224 e. The fraction of sp³-hybridized carbons (Fsp3) is 0.217. The number of halogens is 1. The molecule has 0 aliphatic heterocycles. The molecule has 2 aromatic carbocycles. The maximum absolute atomic E-state index is 14.1. The van der Waals surface area contributed by atoms with Crippen LogP contribution in [0.25, 0.3) is 16.2 Å². The Labute approximate surface area is 173 Å². The standard InChI is InChI=1S/C23H22FN3OS/c1-15(2)17-7-4-6-10-20(17)25-22(28)12-11-16-14-29-23-26-21(13-27(16)23)18-8-3-5-9-19(18)24/h3-10,13-15H,11-12H2,1-2H3,(H,25,28). The van der Waals surface area contributed by atoms with Gasteiger partial charge in [0.25, 0.3) is 0 Å². The average molecular weight is 408 g/mol. The monoisotopic (exact) mass is 407 g/mol. The third kappa shape index (κ3) is 4.07. The topological polar surface area (TPSA) is 46.4 Å². The number of rotatable bonds is 6. The normalized spacial score (nSPS) is 11.3. The van der Waals surface area contributed by atoms with E-state index in [1.807, 2.05) is 40.2 Å². The summed E-state index contributed by atoms with van der Waals surface area (Å²) in [4.78, 5) is 17.8. The Morgan fingerprint density at radius 1 is 1.17 bits per heavy atom. The molecule has 1 N–H and O–H groups in total. The predicted molar refractivity (Wildman–Crippen MR) is 116 cm³/mol. The molecule has 6 heteroatoms. The second-order valence-corrected chi connectivity index (χ2v) is 8.11. The number of imidazole rings is 1. The van der Waals surface area contributed by atoms with Crippen molar-refractivity contribution in [3.63, 3.8) is 0 Å². The van der Waals surface area contributed by atoms with Crippen LogP contribution in [0.15, 0.2) is 60.1 Å². The number of fused-ring (bicyclic) bond motifs is 1. The number of aromatic nitrogens is 2. The molecular formula is C23H22FN3OS. The van der Waals surface area contributed by atoms with Gasteiger partial charge in [0.1, 0.15) is 5.82 Å². The van der Waals surface area contributed by atoms with Crippen LogP contribution in [0.2, 0.25) is 0 Å². The zero-order valence-electron chi connectivity index (χ0n) is 16.4. The summed E-state index contributed by atoms with van der Waals surface area (Å²) in [6.45, 7) is 4.22. The number of carbonyl (C=O) groups is 1. The first-order chi connectivity index (χ1) is 14.0. The third-order valence-corrected chi connectivity index (χ3v) is 5.79. The van der Waals surface area contributed by atoms with Gasteiger partial charge < -0.3 is 5.32 Å². The number of nitrogens with zero attached hydrogens (tertiary/aromatic N) is 2. The van der Waals surface area contributed by atoms with Crippen molar-refractivity contribution in [2.24, 2.45) is 0 Å². The molecule has 1 amide bonds. The molecule has 0 saturated carbocycles. The number of aryl methyl sites for hydroxylation is 1. The number of thiazole rings is 1. The van der Waals surface area contributed by atoms with Crippen molar-refractivity contribution in [3.8, 4) is 11.3 Å². The number of carbonyl (C=O) groups excluding carboxylic acids is 1. The van der Waals surface area contributed by atoms with Crippen molar-refractivity contribution < 1.29 is 9.18 Å². The SMILES string of the molecule is CC(C)c1ccccc1NC(=O)CCc1csc2nc(-c3ccccc3F)cn12. The van der Waals surface area contributed by atoms with E-state index in [0.29, 0.717) is 30.0 Å². The van der Waals surface area contributed by atoms with E-state index in [2.05, 4.69) is 24.1 Å². The largest absolute Gasteiger partial charge is 0.326 e. The first-order valence-electron chi connectivity index (χ1n) is 9.62. The van der Waals surface area contributed by atoms with Gasteiger partial charge in [0.15, 0.2) is 4.96 Å². The average Bonchev–Trinajstić information content (AvgIpc) is 3.28. The molecule has 4 rings (SSSR count). The Morgan fingerprint density at radius 3 is 2.72 bits per heavy atom. The predicted octanol–water partition coefficient (Wildman–Crippen LogP) is 5.90. The Hall–Kier alpha value is -2.99. The molecule has 0 spiro atoms. The second kappa shape index (κ2) is 8.17. The lowest BCUT2D eigenvalue weighted by atomic mass is 10.0. The molecule has 0 aliphatic carbocycles. The van der Waals surface area contributed by atoms with Crippen LogP contribution < -0.4 is 5.32 Å². The minimum Gasteiger partial charge on any atom is -0.326 e. The van der Waals surface area contributed by atoms with Gasteiger partial charge in [-0.3, -0.25) is 9.20 Å². The van der Waals surface area contributed by atoms with E-state index in [-0.39, 0.29) is 11.7 Å². The number of anilines is 1. The highest BCUT2D eigenvalue weighted by molar-refractivity contribution is 7.15. The van der Waals surface area contributed by atoms with Gasteiger partial charge in [-0.25, -0.2) is 9.37 Å². The van der Waals surface area contributed by atoms with Gasteiger partial charge in [-0.05, 0) is 36.1 Å². The minimum absolute atomic E-state index is 0.0214. The molecule has 29 heavy (non-hydrogen) atoms. The summed E-state index contributed by atoms with van der Waals surface area (Å²) in [7, 11) is 0. The molecule has 0 atom stereocenters. The number of hydrogen-bond acceptors (Lipinski definition) is 3. The summed E-state index contributed by atoms with van der Waals surface area (Å²) in [5.41, 5.74) is 4.08. The Morgan fingerprint density at radius 2 is 1.93 bits per heavy atom. The van der Waals surface area contributed by atoms with Crippen LogP contribution in [0.5, 0.6) is 0 Å². The van der Waals surface area contributed by atoms with Crippen LogP contribution in [0, 0.1) is 5.82 Å². The van der Waals surface area contributed by atoms with E-state index in [9.17, 15) is 9.18 Å². The van der Waals surface area contributed by atoms with Crippen molar-refractivity contribution in [2.75, 3.05) is 5.32 Å². The fourth-order valence-electron chi connectivity index (χ4n) is 3.38. The van der Waals surface area contributed by atoms with E-state index in [0.717, 1.165) is 21.9 Å². The van der Waals surface area contributed by atoms with Crippen LogP contribution in [0.3, 0.4) is 0 Å². The number of nitrogens with one attached hydrogen (secondary N) is 1. The second-order valence-electron chi connectivity index (χ2n) is 7.28. The summed E-state index contributed by atoms with van der Waals surface area (Å²) in [5, 5.41) is 5.03. The highest BCUT2D eigenvalue weighted by atomic mass is 32.1. The molecule has 2 heterocycles. The van der Waals surface area contributed by atoms with E-state index in [4.69, 9.17) is 0 Å². The lowest BCUT2D eigenvalue weighted by molar-refractivity contribution is -0.116. The molecule has 148 valence electrons. The van der Waals surface area contributed by atoms with Crippen molar-refractivity contribution >= 4 is 27.9 Å². The minimum atomic E-state index is -0.289. The molecule has 0 radical (unpaired) electrons. The molecule has 4 nitrogen and oxygen atoms in total. The molecule has 0 fully saturated rings. The van der Waals surface area contributed by atoms with Gasteiger partial charge in [-0.15, -0.1) is 11.3 Å². The summed E-state index contributed by atoms with van der Waals surface area (Å²) < 4.78 is 16.0. The molecule has 0 saturated heterocycles. The van der Waals surface area contributed by atoms with Crippen LogP contribution in [0.4, 0.5) is 10.1 Å². The van der Waals surface area contributed by atoms with Gasteiger partial charge in [-0.2, -0.15) is 0 Å². The number of hydrogen-bond donors (Lipinski definition) is 1. The highest BCUT2D eigenvalue weighted by Gasteiger charge is 2.14. The first kappa shape index (κ1) is 19.3. The van der Waals surface area contributed by atoms with E-state index in [1.54, 1.807) is 18.2 Å². The zero-order valence-corrected chi connectivity index (χ0v) is 17.2. The van der Waals surface area contributed by atoms with E-state index in [1.165, 1.54) is 17.4 Å². The Kier molecular flexibility index (Phi) is 5.45. The third-order valence-electron chi connectivity index (χ3n) is 4.90. The quantitative estimate of drug-likeness (QED) is 0.433. The number of benzene rings is 2. The summed E-state index contributed by atoms with van der Waals surface area (Å²) in [6, 6.07) is 14.5. The zero-order chi connectivity index (χ0) is 20.4. The van der Waals surface area contributed by atoms with Crippen molar-refractivity contribution in [1.82, 2.24) is 9.38 Å². The lowest BCUT2D eigenvalue weighted by Crippen LogP contribution is -2.14. The fourth-order valence-corrected chi connectivity index (χ4v) is 4.28. The Balaban J connectivity index is 1.48. The number of para-hydroxylation sites is 1.